The van der Waals surface area contributed by atoms with Gasteiger partial charge in [-0.1, -0.05) is 19.1 Å². The number of fused-ring (bicyclic) bond motifs is 1. The van der Waals surface area contributed by atoms with Gasteiger partial charge in [-0.3, -0.25) is 24.6 Å². The maximum Gasteiger partial charge on any atom is 0.255 e. The van der Waals surface area contributed by atoms with Crippen LogP contribution in [-0.4, -0.2) is 59.7 Å². The zero-order valence-electron chi connectivity index (χ0n) is 17.1. The van der Waals surface area contributed by atoms with Gasteiger partial charge in [0.05, 0.1) is 0 Å². The van der Waals surface area contributed by atoms with Crippen LogP contribution in [-0.2, 0) is 22.7 Å². The average molecular weight is 399 g/mol. The highest BCUT2D eigenvalue weighted by Gasteiger charge is 2.39. The number of carbonyl (C=O) groups is 3. The SMILES string of the molecule is CCNCC1CCN(Cc2cccc3c2CN(C2CCC(=O)NC2=O)C3=O)CC1. The van der Waals surface area contributed by atoms with Crippen LogP contribution in [0.15, 0.2) is 18.2 Å². The van der Waals surface area contributed by atoms with Crippen molar-refractivity contribution in [3.05, 3.63) is 34.9 Å². The number of benzene rings is 1. The number of piperidine rings is 2. The van der Waals surface area contributed by atoms with Crippen LogP contribution in [0, 0.1) is 5.92 Å². The van der Waals surface area contributed by atoms with Gasteiger partial charge in [-0.25, -0.2) is 0 Å². The minimum Gasteiger partial charge on any atom is -0.322 e. The van der Waals surface area contributed by atoms with E-state index in [1.807, 2.05) is 12.1 Å². The lowest BCUT2D eigenvalue weighted by molar-refractivity contribution is -0.136. The summed E-state index contributed by atoms with van der Waals surface area (Å²) in [5.74, 6) is 0.0401. The van der Waals surface area contributed by atoms with Gasteiger partial charge in [-0.15, -0.1) is 0 Å². The van der Waals surface area contributed by atoms with E-state index in [1.54, 1.807) is 4.90 Å². The van der Waals surface area contributed by atoms with Gasteiger partial charge < -0.3 is 10.2 Å². The van der Waals surface area contributed by atoms with Crippen LogP contribution in [0.4, 0.5) is 0 Å². The van der Waals surface area contributed by atoms with Crippen molar-refractivity contribution in [3.63, 3.8) is 0 Å². The number of amides is 3. The minimum absolute atomic E-state index is 0.0966. The first-order valence-electron chi connectivity index (χ1n) is 10.7. The van der Waals surface area contributed by atoms with E-state index in [1.165, 1.54) is 18.4 Å². The van der Waals surface area contributed by atoms with Gasteiger partial charge in [0.2, 0.25) is 11.8 Å². The lowest BCUT2D eigenvalue weighted by atomic mass is 9.95. The summed E-state index contributed by atoms with van der Waals surface area (Å²) in [5, 5.41) is 5.82. The third-order valence-corrected chi connectivity index (χ3v) is 6.46. The van der Waals surface area contributed by atoms with Crippen molar-refractivity contribution in [1.82, 2.24) is 20.4 Å². The molecule has 3 amide bonds. The fourth-order valence-corrected chi connectivity index (χ4v) is 4.74. The number of carbonyl (C=O) groups excluding carboxylic acids is 3. The number of hydrogen-bond acceptors (Lipinski definition) is 5. The fourth-order valence-electron chi connectivity index (χ4n) is 4.74. The van der Waals surface area contributed by atoms with E-state index in [-0.39, 0.29) is 24.1 Å². The second-order valence-corrected chi connectivity index (χ2v) is 8.37. The van der Waals surface area contributed by atoms with Crippen molar-refractivity contribution >= 4 is 17.7 Å². The molecule has 0 radical (unpaired) electrons. The Morgan fingerprint density at radius 2 is 1.93 bits per heavy atom. The summed E-state index contributed by atoms with van der Waals surface area (Å²) in [6.45, 7) is 7.70. The predicted octanol–water partition coefficient (Wildman–Crippen LogP) is 1.27. The molecule has 0 saturated carbocycles. The Balaban J connectivity index is 1.42. The summed E-state index contributed by atoms with van der Waals surface area (Å²) >= 11 is 0. The summed E-state index contributed by atoms with van der Waals surface area (Å²) < 4.78 is 0. The van der Waals surface area contributed by atoms with Crippen LogP contribution in [0.5, 0.6) is 0 Å². The molecular formula is C22H30N4O3. The summed E-state index contributed by atoms with van der Waals surface area (Å²) in [5.41, 5.74) is 2.92. The van der Waals surface area contributed by atoms with Gasteiger partial charge >= 0.3 is 0 Å². The van der Waals surface area contributed by atoms with E-state index in [0.29, 0.717) is 18.5 Å². The minimum atomic E-state index is -0.553. The van der Waals surface area contributed by atoms with Gasteiger partial charge in [-0.2, -0.15) is 0 Å². The van der Waals surface area contributed by atoms with E-state index in [4.69, 9.17) is 0 Å². The topological polar surface area (TPSA) is 81.8 Å². The smallest absolute Gasteiger partial charge is 0.255 e. The molecule has 0 aromatic heterocycles. The van der Waals surface area contributed by atoms with Crippen LogP contribution in [0.2, 0.25) is 0 Å². The monoisotopic (exact) mass is 398 g/mol. The average Bonchev–Trinajstić information content (AvgIpc) is 3.05. The summed E-state index contributed by atoms with van der Waals surface area (Å²) in [6, 6.07) is 5.35. The van der Waals surface area contributed by atoms with Crippen LogP contribution < -0.4 is 10.6 Å². The molecule has 2 saturated heterocycles. The third-order valence-electron chi connectivity index (χ3n) is 6.46. The molecule has 7 heteroatoms. The standard InChI is InChI=1S/C22H30N4O3/c1-2-23-12-15-8-10-25(11-9-15)13-16-4-3-5-17-18(16)14-26(22(17)29)19-6-7-20(27)24-21(19)28/h3-5,15,19,23H,2,6-14H2,1H3,(H,24,27,28). The predicted molar refractivity (Wildman–Crippen MR) is 109 cm³/mol. The number of rotatable bonds is 6. The van der Waals surface area contributed by atoms with Gasteiger partial charge in [0.1, 0.15) is 6.04 Å². The van der Waals surface area contributed by atoms with Gasteiger partial charge in [0.25, 0.3) is 5.91 Å². The molecule has 29 heavy (non-hydrogen) atoms. The molecule has 0 spiro atoms. The van der Waals surface area contributed by atoms with Gasteiger partial charge in [0.15, 0.2) is 0 Å². The van der Waals surface area contributed by atoms with Gasteiger partial charge in [0, 0.05) is 25.1 Å². The van der Waals surface area contributed by atoms with Crippen molar-refractivity contribution < 1.29 is 14.4 Å². The fraction of sp³-hybridized carbons (Fsp3) is 0.591. The molecule has 1 unspecified atom stereocenters. The molecule has 3 heterocycles. The Labute approximate surface area is 171 Å². The van der Waals surface area contributed by atoms with E-state index in [9.17, 15) is 14.4 Å². The second-order valence-electron chi connectivity index (χ2n) is 8.37. The molecule has 0 aliphatic carbocycles. The third kappa shape index (κ3) is 4.21. The molecule has 1 aromatic rings. The molecular weight excluding hydrogens is 368 g/mol. The van der Waals surface area contributed by atoms with Crippen molar-refractivity contribution in [2.24, 2.45) is 5.92 Å². The van der Waals surface area contributed by atoms with Crippen molar-refractivity contribution in [1.29, 1.82) is 0 Å². The quantitative estimate of drug-likeness (QED) is 0.706. The van der Waals surface area contributed by atoms with Crippen LogP contribution in [0.1, 0.15) is 54.1 Å². The van der Waals surface area contributed by atoms with Crippen LogP contribution in [0.25, 0.3) is 0 Å². The van der Waals surface area contributed by atoms with E-state index in [2.05, 4.69) is 28.5 Å². The number of hydrogen-bond donors (Lipinski definition) is 2. The normalized spacial score (nSPS) is 23.4. The largest absolute Gasteiger partial charge is 0.322 e. The van der Waals surface area contributed by atoms with E-state index >= 15 is 0 Å². The Kier molecular flexibility index (Phi) is 5.96. The first-order valence-corrected chi connectivity index (χ1v) is 10.7. The highest BCUT2D eigenvalue weighted by Crippen LogP contribution is 2.31. The van der Waals surface area contributed by atoms with Crippen LogP contribution in [0.3, 0.4) is 0 Å². The highest BCUT2D eigenvalue weighted by atomic mass is 16.2. The lowest BCUT2D eigenvalue weighted by Gasteiger charge is -2.32. The number of imide groups is 1. The molecule has 1 aromatic carbocycles. The Hall–Kier alpha value is -2.25. The zero-order valence-corrected chi connectivity index (χ0v) is 17.1. The molecule has 7 nitrogen and oxygen atoms in total. The molecule has 156 valence electrons. The molecule has 2 fully saturated rings. The van der Waals surface area contributed by atoms with Gasteiger partial charge in [-0.05, 0) is 68.6 Å². The maximum absolute atomic E-state index is 13.0. The molecule has 2 N–H and O–H groups in total. The first-order chi connectivity index (χ1) is 14.1. The van der Waals surface area contributed by atoms with E-state index in [0.717, 1.165) is 44.2 Å². The second kappa shape index (κ2) is 8.63. The molecule has 4 rings (SSSR count). The summed E-state index contributed by atoms with van der Waals surface area (Å²) in [7, 11) is 0. The van der Waals surface area contributed by atoms with Crippen molar-refractivity contribution in [2.75, 3.05) is 26.2 Å². The number of nitrogens with one attached hydrogen (secondary N) is 2. The summed E-state index contributed by atoms with van der Waals surface area (Å²) in [4.78, 5) is 40.8. The summed E-state index contributed by atoms with van der Waals surface area (Å²) in [6.07, 6.45) is 3.08. The Bertz CT molecular complexity index is 801. The lowest BCUT2D eigenvalue weighted by Crippen LogP contribution is -2.52. The van der Waals surface area contributed by atoms with Crippen molar-refractivity contribution in [3.8, 4) is 0 Å². The first kappa shape index (κ1) is 20.0. The highest BCUT2D eigenvalue weighted by molar-refractivity contribution is 6.05. The molecule has 3 aliphatic heterocycles. The van der Waals surface area contributed by atoms with Crippen molar-refractivity contribution in [2.45, 2.75) is 51.7 Å². The molecule has 1 atom stereocenters. The van der Waals surface area contributed by atoms with Crippen LogP contribution >= 0.6 is 0 Å². The Morgan fingerprint density at radius 1 is 1.14 bits per heavy atom. The number of likely N-dealkylation sites (tertiary alicyclic amines) is 1. The number of nitrogens with zero attached hydrogens (tertiary/aromatic N) is 2. The molecule has 3 aliphatic rings. The van der Waals surface area contributed by atoms with E-state index < -0.39 is 6.04 Å². The maximum atomic E-state index is 13.0. The Morgan fingerprint density at radius 3 is 2.66 bits per heavy atom. The zero-order chi connectivity index (χ0) is 20.4. The molecule has 0 bridgehead atoms.